The topological polar surface area (TPSA) is 78.5 Å². The zero-order chi connectivity index (χ0) is 20.4. The van der Waals surface area contributed by atoms with Gasteiger partial charge in [-0.15, -0.1) is 0 Å². The Balaban J connectivity index is 1.96. The lowest BCUT2D eigenvalue weighted by molar-refractivity contribution is -0.135. The molecule has 0 radical (unpaired) electrons. The number of nitrogens with zero attached hydrogens (tertiary/aromatic N) is 1. The van der Waals surface area contributed by atoms with Crippen molar-refractivity contribution in [3.8, 4) is 0 Å². The van der Waals surface area contributed by atoms with E-state index < -0.39 is 0 Å². The molecule has 0 spiro atoms. The Hall–Kier alpha value is -3.41. The molecule has 6 heteroatoms. The molecule has 2 N–H and O–H groups in total. The predicted octanol–water partition coefficient (Wildman–Crippen LogP) is 3.59. The first kappa shape index (κ1) is 19.4. The summed E-state index contributed by atoms with van der Waals surface area (Å²) in [6, 6.07) is 14.6. The van der Waals surface area contributed by atoms with Gasteiger partial charge >= 0.3 is 0 Å². The number of hydrogen-bond acceptors (Lipinski definition) is 4. The summed E-state index contributed by atoms with van der Waals surface area (Å²) in [5, 5.41) is 5.79. The lowest BCUT2D eigenvalue weighted by atomic mass is 10.0. The van der Waals surface area contributed by atoms with Gasteiger partial charge in [-0.2, -0.15) is 0 Å². The average Bonchev–Trinajstić information content (AvgIpc) is 2.86. The molecule has 3 amide bonds. The number of amides is 3. The van der Waals surface area contributed by atoms with Crippen LogP contribution in [0.5, 0.6) is 0 Å². The van der Waals surface area contributed by atoms with Crippen LogP contribution in [-0.2, 0) is 14.4 Å². The largest absolute Gasteiger partial charge is 0.350 e. The number of rotatable bonds is 5. The molecule has 0 unspecified atom stereocenters. The molecule has 0 saturated carbocycles. The van der Waals surface area contributed by atoms with E-state index in [9.17, 15) is 14.4 Å². The summed E-state index contributed by atoms with van der Waals surface area (Å²) in [6.45, 7) is 5.65. The highest BCUT2D eigenvalue weighted by Gasteiger charge is 2.36. The fraction of sp³-hybridized carbons (Fsp3) is 0.227. The zero-order valence-corrected chi connectivity index (χ0v) is 16.4. The van der Waals surface area contributed by atoms with Gasteiger partial charge in [-0.3, -0.25) is 19.3 Å². The quantitative estimate of drug-likeness (QED) is 0.781. The summed E-state index contributed by atoms with van der Waals surface area (Å²) in [6.07, 6.45) is 0. The average molecular weight is 377 g/mol. The number of anilines is 2. The van der Waals surface area contributed by atoms with Crippen molar-refractivity contribution < 1.29 is 14.4 Å². The normalized spacial score (nSPS) is 14.1. The second kappa shape index (κ2) is 7.68. The summed E-state index contributed by atoms with van der Waals surface area (Å²) in [4.78, 5) is 37.6. The van der Waals surface area contributed by atoms with Crippen molar-refractivity contribution in [2.24, 2.45) is 0 Å². The lowest BCUT2D eigenvalue weighted by Gasteiger charge is -2.11. The Bertz CT molecular complexity index is 958. The van der Waals surface area contributed by atoms with Crippen molar-refractivity contribution in [3.05, 3.63) is 65.4 Å². The Labute approximate surface area is 164 Å². The number of imide groups is 1. The number of hydrogen-bond donors (Lipinski definition) is 2. The van der Waals surface area contributed by atoms with Crippen LogP contribution in [0.4, 0.5) is 11.4 Å². The summed E-state index contributed by atoms with van der Waals surface area (Å²) < 4.78 is 0. The molecule has 144 valence electrons. The monoisotopic (exact) mass is 377 g/mol. The zero-order valence-electron chi connectivity index (χ0n) is 16.4. The van der Waals surface area contributed by atoms with Crippen LogP contribution in [0.1, 0.15) is 37.8 Å². The van der Waals surface area contributed by atoms with Crippen LogP contribution in [0.3, 0.4) is 0 Å². The van der Waals surface area contributed by atoms with E-state index in [-0.39, 0.29) is 23.4 Å². The molecule has 0 bridgehead atoms. The molecule has 2 aromatic carbocycles. The maximum absolute atomic E-state index is 12.7. The van der Waals surface area contributed by atoms with E-state index in [4.69, 9.17) is 0 Å². The second-order valence-electron chi connectivity index (χ2n) is 7.08. The Morgan fingerprint density at radius 2 is 1.46 bits per heavy atom. The second-order valence-corrected chi connectivity index (χ2v) is 7.08. The smallest absolute Gasteiger partial charge is 0.277 e. The number of carbonyl (C=O) groups excluding carboxylic acids is 3. The van der Waals surface area contributed by atoms with Gasteiger partial charge in [0.15, 0.2) is 0 Å². The van der Waals surface area contributed by atoms with Gasteiger partial charge < -0.3 is 10.6 Å². The molecule has 2 aromatic rings. The van der Waals surface area contributed by atoms with E-state index in [1.807, 2.05) is 24.3 Å². The van der Waals surface area contributed by atoms with Crippen LogP contribution in [-0.4, -0.2) is 29.7 Å². The molecule has 1 heterocycles. The van der Waals surface area contributed by atoms with Crippen molar-refractivity contribution in [1.29, 1.82) is 0 Å². The highest BCUT2D eigenvalue weighted by Crippen LogP contribution is 2.30. The van der Waals surface area contributed by atoms with Crippen LogP contribution < -0.4 is 10.6 Å². The minimum Gasteiger partial charge on any atom is -0.350 e. The fourth-order valence-corrected chi connectivity index (χ4v) is 3.04. The van der Waals surface area contributed by atoms with Crippen LogP contribution in [0, 0.1) is 0 Å². The Morgan fingerprint density at radius 1 is 0.893 bits per heavy atom. The summed E-state index contributed by atoms with van der Waals surface area (Å²) in [5.41, 5.74) is 3.73. The van der Waals surface area contributed by atoms with Gasteiger partial charge in [-0.25, -0.2) is 0 Å². The number of carbonyl (C=O) groups is 3. The SMILES string of the molecule is CC(=O)Nc1ccc(C2=C(Nc3ccc(C(C)C)cc3)C(=O)N(C)C2=O)cc1. The third-order valence-corrected chi connectivity index (χ3v) is 4.63. The summed E-state index contributed by atoms with van der Waals surface area (Å²) in [5.74, 6) is -0.504. The summed E-state index contributed by atoms with van der Waals surface area (Å²) in [7, 11) is 1.47. The standard InChI is InChI=1S/C22H23N3O3/c1-13(2)15-5-9-18(10-6-15)24-20-19(21(27)25(4)22(20)28)16-7-11-17(12-8-16)23-14(3)26/h5-13,24H,1-4H3,(H,23,26). The van der Waals surface area contributed by atoms with Gasteiger partial charge in [0, 0.05) is 25.3 Å². The van der Waals surface area contributed by atoms with Crippen LogP contribution in [0.25, 0.3) is 5.57 Å². The fourth-order valence-electron chi connectivity index (χ4n) is 3.04. The first-order valence-electron chi connectivity index (χ1n) is 9.09. The van der Waals surface area contributed by atoms with E-state index in [0.29, 0.717) is 22.7 Å². The van der Waals surface area contributed by atoms with Crippen molar-refractivity contribution >= 4 is 34.7 Å². The van der Waals surface area contributed by atoms with Gasteiger partial charge in [0.1, 0.15) is 5.70 Å². The van der Waals surface area contributed by atoms with Crippen molar-refractivity contribution in [1.82, 2.24) is 4.90 Å². The third-order valence-electron chi connectivity index (χ3n) is 4.63. The number of nitrogens with one attached hydrogen (secondary N) is 2. The molecule has 28 heavy (non-hydrogen) atoms. The van der Waals surface area contributed by atoms with Gasteiger partial charge in [0.05, 0.1) is 5.57 Å². The maximum atomic E-state index is 12.7. The highest BCUT2D eigenvalue weighted by atomic mass is 16.2. The maximum Gasteiger partial charge on any atom is 0.277 e. The molecule has 1 aliphatic rings. The van der Waals surface area contributed by atoms with E-state index in [2.05, 4.69) is 24.5 Å². The van der Waals surface area contributed by atoms with Gasteiger partial charge in [-0.05, 0) is 41.3 Å². The first-order chi connectivity index (χ1) is 13.3. The van der Waals surface area contributed by atoms with Crippen molar-refractivity contribution in [2.75, 3.05) is 17.7 Å². The van der Waals surface area contributed by atoms with E-state index in [0.717, 1.165) is 10.6 Å². The Morgan fingerprint density at radius 3 is 2.00 bits per heavy atom. The molecule has 1 aliphatic heterocycles. The van der Waals surface area contributed by atoms with E-state index >= 15 is 0 Å². The van der Waals surface area contributed by atoms with Gasteiger partial charge in [-0.1, -0.05) is 38.1 Å². The van der Waals surface area contributed by atoms with Gasteiger partial charge in [0.25, 0.3) is 11.8 Å². The molecular weight excluding hydrogens is 354 g/mol. The summed E-state index contributed by atoms with van der Waals surface area (Å²) >= 11 is 0. The minimum absolute atomic E-state index is 0.175. The minimum atomic E-state index is -0.376. The Kier molecular flexibility index (Phi) is 5.31. The molecule has 0 atom stereocenters. The molecule has 0 saturated heterocycles. The van der Waals surface area contributed by atoms with Crippen molar-refractivity contribution in [3.63, 3.8) is 0 Å². The predicted molar refractivity (Wildman–Crippen MR) is 110 cm³/mol. The molecule has 0 aliphatic carbocycles. The molecule has 0 aromatic heterocycles. The molecule has 6 nitrogen and oxygen atoms in total. The van der Waals surface area contributed by atoms with Gasteiger partial charge in [0.2, 0.25) is 5.91 Å². The number of likely N-dealkylation sites (N-methyl/N-ethyl adjacent to an activating group) is 1. The first-order valence-corrected chi connectivity index (χ1v) is 9.09. The van der Waals surface area contributed by atoms with E-state index in [1.54, 1.807) is 24.3 Å². The molecule has 3 rings (SSSR count). The van der Waals surface area contributed by atoms with E-state index in [1.165, 1.54) is 19.5 Å². The lowest BCUT2D eigenvalue weighted by Crippen LogP contribution is -2.27. The van der Waals surface area contributed by atoms with Crippen LogP contribution in [0.15, 0.2) is 54.2 Å². The third kappa shape index (κ3) is 3.81. The van der Waals surface area contributed by atoms with Crippen LogP contribution in [0.2, 0.25) is 0 Å². The highest BCUT2D eigenvalue weighted by molar-refractivity contribution is 6.36. The number of benzene rings is 2. The molecule has 0 fully saturated rings. The van der Waals surface area contributed by atoms with Crippen LogP contribution >= 0.6 is 0 Å². The molecular formula is C22H23N3O3. The van der Waals surface area contributed by atoms with Crippen molar-refractivity contribution in [2.45, 2.75) is 26.7 Å².